The number of unbranched alkanes of at least 4 members (excludes halogenated alkanes) is 1. The van der Waals surface area contributed by atoms with Gasteiger partial charge in [0.25, 0.3) is 0 Å². The number of benzene rings is 1. The first-order chi connectivity index (χ1) is 11.2. The Bertz CT molecular complexity index is 450. The average molecular weight is 341 g/mol. The van der Waals surface area contributed by atoms with Crippen LogP contribution in [0.3, 0.4) is 0 Å². The summed E-state index contributed by atoms with van der Waals surface area (Å²) in [5.41, 5.74) is 1.12. The van der Waals surface area contributed by atoms with Gasteiger partial charge in [0.2, 0.25) is 0 Å². The van der Waals surface area contributed by atoms with Gasteiger partial charge in [0.05, 0.1) is 0 Å². The van der Waals surface area contributed by atoms with E-state index in [1.54, 1.807) is 7.05 Å². The van der Waals surface area contributed by atoms with Gasteiger partial charge in [-0.1, -0.05) is 12.1 Å². The molecule has 0 fully saturated rings. The lowest BCUT2D eigenvalue weighted by molar-refractivity contribution is 0.331. The summed E-state index contributed by atoms with van der Waals surface area (Å²) in [6.07, 6.45) is 4.52. The lowest BCUT2D eigenvalue weighted by Crippen LogP contribution is -2.41. The van der Waals surface area contributed by atoms with E-state index in [0.717, 1.165) is 44.1 Å². The number of nitrogens with one attached hydrogen (secondary N) is 2. The third-order valence-corrected chi connectivity index (χ3v) is 4.14. The number of thioether (sulfide) groups is 1. The number of rotatable bonds is 10. The van der Waals surface area contributed by atoms with Gasteiger partial charge in [-0.2, -0.15) is 11.8 Å². The van der Waals surface area contributed by atoms with Crippen LogP contribution in [0.1, 0.15) is 18.4 Å². The maximum atomic E-state index is 12.9. The predicted octanol–water partition coefficient (Wildman–Crippen LogP) is 2.57. The largest absolute Gasteiger partial charge is 0.356 e. The molecule has 1 rings (SSSR count). The van der Waals surface area contributed by atoms with Crippen molar-refractivity contribution in [1.29, 1.82) is 0 Å². The second-order valence-corrected chi connectivity index (χ2v) is 6.48. The molecular formula is C17H29FN4S. The highest BCUT2D eigenvalue weighted by Gasteiger charge is 2.02. The Balaban J connectivity index is 2.16. The maximum Gasteiger partial charge on any atom is 0.191 e. The molecule has 0 atom stereocenters. The summed E-state index contributed by atoms with van der Waals surface area (Å²) in [5, 5.41) is 6.65. The summed E-state index contributed by atoms with van der Waals surface area (Å²) in [6, 6.07) is 6.66. The first-order valence-electron chi connectivity index (χ1n) is 8.02. The second-order valence-electron chi connectivity index (χ2n) is 5.49. The maximum absolute atomic E-state index is 12.9. The molecule has 0 radical (unpaired) electrons. The van der Waals surface area contributed by atoms with Crippen LogP contribution in [0.5, 0.6) is 0 Å². The third kappa shape index (κ3) is 9.46. The van der Waals surface area contributed by atoms with Crippen molar-refractivity contribution in [2.75, 3.05) is 45.7 Å². The molecule has 23 heavy (non-hydrogen) atoms. The van der Waals surface area contributed by atoms with Crippen molar-refractivity contribution in [2.45, 2.75) is 19.4 Å². The van der Waals surface area contributed by atoms with Gasteiger partial charge in [-0.05, 0) is 49.6 Å². The highest BCUT2D eigenvalue weighted by Crippen LogP contribution is 2.05. The molecule has 0 bridgehead atoms. The number of nitrogens with zero attached hydrogens (tertiary/aromatic N) is 2. The zero-order valence-corrected chi connectivity index (χ0v) is 15.3. The molecule has 0 heterocycles. The van der Waals surface area contributed by atoms with Crippen LogP contribution in [0.2, 0.25) is 0 Å². The van der Waals surface area contributed by atoms with Crippen molar-refractivity contribution in [1.82, 2.24) is 15.5 Å². The van der Waals surface area contributed by atoms with E-state index in [-0.39, 0.29) is 5.82 Å². The molecule has 0 spiro atoms. The van der Waals surface area contributed by atoms with Gasteiger partial charge in [0.1, 0.15) is 5.82 Å². The Hall–Kier alpha value is -1.27. The van der Waals surface area contributed by atoms with Gasteiger partial charge in [-0.15, -0.1) is 0 Å². The molecule has 4 nitrogen and oxygen atoms in total. The van der Waals surface area contributed by atoms with Crippen molar-refractivity contribution < 1.29 is 4.39 Å². The number of halogens is 1. The van der Waals surface area contributed by atoms with Crippen LogP contribution in [-0.2, 0) is 6.54 Å². The topological polar surface area (TPSA) is 39.7 Å². The Morgan fingerprint density at radius 1 is 1.17 bits per heavy atom. The second kappa shape index (κ2) is 12.2. The molecule has 2 N–H and O–H groups in total. The molecule has 0 saturated carbocycles. The summed E-state index contributed by atoms with van der Waals surface area (Å²) in [7, 11) is 3.85. The summed E-state index contributed by atoms with van der Waals surface area (Å²) in [6.45, 7) is 3.47. The molecule has 6 heteroatoms. The highest BCUT2D eigenvalue weighted by molar-refractivity contribution is 7.98. The number of guanidine groups is 1. The van der Waals surface area contributed by atoms with Crippen LogP contribution >= 0.6 is 11.8 Å². The van der Waals surface area contributed by atoms with Gasteiger partial charge >= 0.3 is 0 Å². The summed E-state index contributed by atoms with van der Waals surface area (Å²) < 4.78 is 12.9. The minimum Gasteiger partial charge on any atom is -0.356 e. The van der Waals surface area contributed by atoms with E-state index in [0.29, 0.717) is 0 Å². The molecule has 0 aliphatic rings. The van der Waals surface area contributed by atoms with Gasteiger partial charge < -0.3 is 15.5 Å². The van der Waals surface area contributed by atoms with Crippen molar-refractivity contribution in [3.05, 3.63) is 35.6 Å². The summed E-state index contributed by atoms with van der Waals surface area (Å²) in [4.78, 5) is 6.43. The Morgan fingerprint density at radius 2 is 1.87 bits per heavy atom. The fourth-order valence-corrected chi connectivity index (χ4v) is 2.64. The lowest BCUT2D eigenvalue weighted by Gasteiger charge is -2.18. The van der Waals surface area contributed by atoms with E-state index in [4.69, 9.17) is 0 Å². The van der Waals surface area contributed by atoms with Crippen LogP contribution in [0.15, 0.2) is 29.3 Å². The van der Waals surface area contributed by atoms with E-state index in [1.165, 1.54) is 24.3 Å². The molecule has 0 aliphatic heterocycles. The van der Waals surface area contributed by atoms with Crippen molar-refractivity contribution >= 4 is 17.7 Å². The summed E-state index contributed by atoms with van der Waals surface area (Å²) in [5.74, 6) is 1.87. The fraction of sp³-hybridized carbons (Fsp3) is 0.588. The van der Waals surface area contributed by atoms with Crippen LogP contribution in [0.4, 0.5) is 4.39 Å². The van der Waals surface area contributed by atoms with Crippen molar-refractivity contribution in [2.24, 2.45) is 4.99 Å². The van der Waals surface area contributed by atoms with E-state index < -0.39 is 0 Å². The number of hydrogen-bond acceptors (Lipinski definition) is 3. The van der Waals surface area contributed by atoms with E-state index >= 15 is 0 Å². The monoisotopic (exact) mass is 340 g/mol. The number of hydrogen-bond donors (Lipinski definition) is 2. The molecule has 0 aromatic heterocycles. The first kappa shape index (κ1) is 19.8. The van der Waals surface area contributed by atoms with Gasteiger partial charge in [-0.3, -0.25) is 4.99 Å². The smallest absolute Gasteiger partial charge is 0.191 e. The average Bonchev–Trinajstić information content (AvgIpc) is 2.55. The Kier molecular flexibility index (Phi) is 10.5. The standard InChI is InChI=1S/C17H29FN4S/c1-19-17(20-10-4-5-13-23-3)21-11-12-22(2)14-15-6-8-16(18)9-7-15/h6-9H,4-5,10-14H2,1-3H3,(H2,19,20,21). The molecule has 0 amide bonds. The minimum atomic E-state index is -0.189. The van der Waals surface area contributed by atoms with Crippen LogP contribution < -0.4 is 10.6 Å². The third-order valence-electron chi connectivity index (χ3n) is 3.44. The Labute approximate surface area is 143 Å². The van der Waals surface area contributed by atoms with Crippen molar-refractivity contribution in [3.63, 3.8) is 0 Å². The number of likely N-dealkylation sites (N-methyl/N-ethyl adjacent to an activating group) is 1. The zero-order valence-electron chi connectivity index (χ0n) is 14.4. The predicted molar refractivity (Wildman–Crippen MR) is 99.7 cm³/mol. The van der Waals surface area contributed by atoms with E-state index in [1.807, 2.05) is 23.9 Å². The summed E-state index contributed by atoms with van der Waals surface area (Å²) >= 11 is 1.88. The number of aliphatic imine (C=N–C) groups is 1. The molecule has 0 unspecified atom stereocenters. The lowest BCUT2D eigenvalue weighted by atomic mass is 10.2. The van der Waals surface area contributed by atoms with Gasteiger partial charge in [-0.25, -0.2) is 4.39 Å². The fourth-order valence-electron chi connectivity index (χ4n) is 2.14. The van der Waals surface area contributed by atoms with Gasteiger partial charge in [0.15, 0.2) is 5.96 Å². The SMILES string of the molecule is CN=C(NCCCCSC)NCCN(C)Cc1ccc(F)cc1. The van der Waals surface area contributed by atoms with E-state index in [9.17, 15) is 4.39 Å². The Morgan fingerprint density at radius 3 is 2.52 bits per heavy atom. The first-order valence-corrected chi connectivity index (χ1v) is 9.41. The minimum absolute atomic E-state index is 0.189. The normalized spacial score (nSPS) is 11.8. The van der Waals surface area contributed by atoms with Crippen LogP contribution in [0, 0.1) is 5.82 Å². The van der Waals surface area contributed by atoms with E-state index in [2.05, 4.69) is 33.8 Å². The molecule has 130 valence electrons. The van der Waals surface area contributed by atoms with Crippen molar-refractivity contribution in [3.8, 4) is 0 Å². The van der Waals surface area contributed by atoms with Crippen LogP contribution in [0.25, 0.3) is 0 Å². The molecule has 1 aromatic rings. The molecular weight excluding hydrogens is 311 g/mol. The highest BCUT2D eigenvalue weighted by atomic mass is 32.2. The zero-order chi connectivity index (χ0) is 16.9. The van der Waals surface area contributed by atoms with Crippen LogP contribution in [-0.4, -0.2) is 56.6 Å². The molecule has 0 saturated heterocycles. The quantitative estimate of drug-likeness (QED) is 0.390. The molecule has 0 aliphatic carbocycles. The molecule has 1 aromatic carbocycles. The van der Waals surface area contributed by atoms with Gasteiger partial charge in [0, 0.05) is 33.2 Å².